The van der Waals surface area contributed by atoms with E-state index in [0.29, 0.717) is 25.3 Å². The number of aromatic nitrogens is 1. The number of hydrogen-bond donors (Lipinski definition) is 1. The molecule has 0 aliphatic carbocycles. The number of pyridine rings is 1. The maximum Gasteiger partial charge on any atom is 0.182 e. The summed E-state index contributed by atoms with van der Waals surface area (Å²) >= 11 is 0. The first-order valence-electron chi connectivity index (χ1n) is 5.09. The minimum Gasteiger partial charge on any atom is -0.378 e. The predicted octanol–water partition coefficient (Wildman–Crippen LogP) is 1.13. The fraction of sp³-hybridized carbons (Fsp3) is 0.455. The van der Waals surface area contributed by atoms with Crippen molar-refractivity contribution in [3.05, 3.63) is 24.0 Å². The first-order chi connectivity index (χ1) is 7.73. The van der Waals surface area contributed by atoms with E-state index in [4.69, 9.17) is 14.7 Å². The number of rotatable bonds is 3. The van der Waals surface area contributed by atoms with E-state index in [1.807, 2.05) is 6.92 Å². The monoisotopic (exact) mass is 219 g/mol. The molecule has 0 amide bonds. The van der Waals surface area contributed by atoms with Crippen molar-refractivity contribution in [3.8, 4) is 6.07 Å². The van der Waals surface area contributed by atoms with Crippen LogP contribution < -0.4 is 5.32 Å². The maximum absolute atomic E-state index is 8.88. The van der Waals surface area contributed by atoms with Crippen LogP contribution in [0.4, 0.5) is 5.69 Å². The number of nitriles is 1. The number of nitrogens with one attached hydrogen (secondary N) is 1. The van der Waals surface area contributed by atoms with Crippen molar-refractivity contribution in [2.24, 2.45) is 0 Å². The Balaban J connectivity index is 2.02. The standard InChI is InChI=1S/C11H13N3O2/c1-11(15-4-5-16-11)8-14-10-2-3-13-7-9(10)6-12/h2-3,7H,4-5,8H2,1H3,(H,13,14). The molecular formula is C11H13N3O2. The highest BCUT2D eigenvalue weighted by Crippen LogP contribution is 2.20. The molecule has 0 radical (unpaired) electrons. The molecule has 0 spiro atoms. The van der Waals surface area contributed by atoms with Gasteiger partial charge in [-0.2, -0.15) is 5.26 Å². The zero-order chi connectivity index (χ0) is 11.4. The summed E-state index contributed by atoms with van der Waals surface area (Å²) in [5.41, 5.74) is 1.27. The minimum atomic E-state index is -0.601. The first-order valence-corrected chi connectivity index (χ1v) is 5.09. The Hall–Kier alpha value is -1.64. The third-order valence-electron chi connectivity index (χ3n) is 2.44. The Morgan fingerprint density at radius 1 is 1.56 bits per heavy atom. The van der Waals surface area contributed by atoms with Crippen molar-refractivity contribution in [2.45, 2.75) is 12.7 Å². The fourth-order valence-electron chi connectivity index (χ4n) is 1.55. The third-order valence-corrected chi connectivity index (χ3v) is 2.44. The van der Waals surface area contributed by atoms with Crippen LogP contribution in [-0.4, -0.2) is 30.5 Å². The second kappa shape index (κ2) is 4.47. The lowest BCUT2D eigenvalue weighted by Gasteiger charge is -2.23. The summed E-state index contributed by atoms with van der Waals surface area (Å²) in [4.78, 5) is 3.89. The summed E-state index contributed by atoms with van der Waals surface area (Å²) < 4.78 is 10.9. The second-order valence-electron chi connectivity index (χ2n) is 3.72. The van der Waals surface area contributed by atoms with Gasteiger partial charge in [-0.25, -0.2) is 0 Å². The molecule has 2 rings (SSSR count). The van der Waals surface area contributed by atoms with Crippen LogP contribution >= 0.6 is 0 Å². The molecule has 1 saturated heterocycles. The minimum absolute atomic E-state index is 0.506. The summed E-state index contributed by atoms with van der Waals surface area (Å²) in [6.07, 6.45) is 3.17. The van der Waals surface area contributed by atoms with Crippen LogP contribution in [0.5, 0.6) is 0 Å². The summed E-state index contributed by atoms with van der Waals surface area (Å²) in [6, 6.07) is 3.84. The molecule has 5 nitrogen and oxygen atoms in total. The predicted molar refractivity (Wildman–Crippen MR) is 57.8 cm³/mol. The Morgan fingerprint density at radius 3 is 3.00 bits per heavy atom. The van der Waals surface area contributed by atoms with Gasteiger partial charge in [-0.05, 0) is 13.0 Å². The van der Waals surface area contributed by atoms with Crippen LogP contribution in [0.1, 0.15) is 12.5 Å². The molecule has 1 aliphatic rings. The molecule has 16 heavy (non-hydrogen) atoms. The van der Waals surface area contributed by atoms with E-state index < -0.39 is 5.79 Å². The van der Waals surface area contributed by atoms with Crippen molar-refractivity contribution in [3.63, 3.8) is 0 Å². The summed E-state index contributed by atoms with van der Waals surface area (Å²) in [5.74, 6) is -0.601. The van der Waals surface area contributed by atoms with Crippen molar-refractivity contribution in [1.82, 2.24) is 4.98 Å². The summed E-state index contributed by atoms with van der Waals surface area (Å²) in [6.45, 7) is 3.60. The molecule has 1 N–H and O–H groups in total. The van der Waals surface area contributed by atoms with E-state index >= 15 is 0 Å². The molecule has 1 aromatic heterocycles. The molecule has 2 heterocycles. The van der Waals surface area contributed by atoms with Crippen LogP contribution in [-0.2, 0) is 9.47 Å². The van der Waals surface area contributed by atoms with Gasteiger partial charge < -0.3 is 14.8 Å². The smallest absolute Gasteiger partial charge is 0.182 e. The van der Waals surface area contributed by atoms with Gasteiger partial charge in [-0.15, -0.1) is 0 Å². The second-order valence-corrected chi connectivity index (χ2v) is 3.72. The molecule has 0 aromatic carbocycles. The number of hydrogen-bond acceptors (Lipinski definition) is 5. The van der Waals surface area contributed by atoms with E-state index in [9.17, 15) is 0 Å². The zero-order valence-electron chi connectivity index (χ0n) is 9.06. The lowest BCUT2D eigenvalue weighted by Crippen LogP contribution is -2.34. The van der Waals surface area contributed by atoms with Gasteiger partial charge in [-0.3, -0.25) is 4.98 Å². The lowest BCUT2D eigenvalue weighted by atomic mass is 10.2. The summed E-state index contributed by atoms with van der Waals surface area (Å²) in [7, 11) is 0. The third kappa shape index (κ3) is 2.30. The first kappa shape index (κ1) is 10.9. The van der Waals surface area contributed by atoms with Crippen molar-refractivity contribution < 1.29 is 9.47 Å². The van der Waals surface area contributed by atoms with E-state index in [2.05, 4.69) is 16.4 Å². The van der Waals surface area contributed by atoms with Crippen LogP contribution in [0, 0.1) is 11.3 Å². The van der Waals surface area contributed by atoms with Gasteiger partial charge in [0.05, 0.1) is 31.0 Å². The van der Waals surface area contributed by atoms with Gasteiger partial charge in [0.15, 0.2) is 5.79 Å². The van der Waals surface area contributed by atoms with Crippen molar-refractivity contribution in [1.29, 1.82) is 5.26 Å². The van der Waals surface area contributed by atoms with Gasteiger partial charge in [0.25, 0.3) is 0 Å². The highest BCUT2D eigenvalue weighted by molar-refractivity contribution is 5.55. The van der Waals surface area contributed by atoms with Crippen LogP contribution in [0.15, 0.2) is 18.5 Å². The maximum atomic E-state index is 8.88. The van der Waals surface area contributed by atoms with E-state index in [-0.39, 0.29) is 0 Å². The van der Waals surface area contributed by atoms with Gasteiger partial charge in [0, 0.05) is 12.4 Å². The number of anilines is 1. The summed E-state index contributed by atoms with van der Waals surface area (Å²) in [5, 5.41) is 12.0. The van der Waals surface area contributed by atoms with E-state index in [0.717, 1.165) is 5.69 Å². The average Bonchev–Trinajstić information content (AvgIpc) is 2.74. The van der Waals surface area contributed by atoms with Crippen LogP contribution in [0.25, 0.3) is 0 Å². The fourth-order valence-corrected chi connectivity index (χ4v) is 1.55. The number of ether oxygens (including phenoxy) is 2. The lowest BCUT2D eigenvalue weighted by molar-refractivity contribution is -0.129. The molecule has 0 unspecified atom stereocenters. The molecule has 0 saturated carbocycles. The highest BCUT2D eigenvalue weighted by Gasteiger charge is 2.30. The van der Waals surface area contributed by atoms with Crippen LogP contribution in [0.3, 0.4) is 0 Å². The van der Waals surface area contributed by atoms with Crippen LogP contribution in [0.2, 0.25) is 0 Å². The zero-order valence-corrected chi connectivity index (χ0v) is 9.06. The molecule has 84 valence electrons. The highest BCUT2D eigenvalue weighted by atomic mass is 16.7. The normalized spacial score (nSPS) is 18.0. The van der Waals surface area contributed by atoms with Crippen molar-refractivity contribution >= 4 is 5.69 Å². The Labute approximate surface area is 94.0 Å². The van der Waals surface area contributed by atoms with Gasteiger partial charge in [0.2, 0.25) is 0 Å². The molecule has 0 atom stereocenters. The van der Waals surface area contributed by atoms with Gasteiger partial charge >= 0.3 is 0 Å². The Kier molecular flexibility index (Phi) is 3.04. The molecular weight excluding hydrogens is 206 g/mol. The average molecular weight is 219 g/mol. The quantitative estimate of drug-likeness (QED) is 0.825. The largest absolute Gasteiger partial charge is 0.378 e. The molecule has 1 aromatic rings. The molecule has 0 bridgehead atoms. The SMILES string of the molecule is CC1(CNc2ccncc2C#N)OCCO1. The topological polar surface area (TPSA) is 67.2 Å². The van der Waals surface area contributed by atoms with Gasteiger partial charge in [-0.1, -0.05) is 0 Å². The molecule has 1 fully saturated rings. The van der Waals surface area contributed by atoms with E-state index in [1.54, 1.807) is 12.3 Å². The number of nitrogens with zero attached hydrogens (tertiary/aromatic N) is 2. The van der Waals surface area contributed by atoms with Gasteiger partial charge in [0.1, 0.15) is 6.07 Å². The van der Waals surface area contributed by atoms with E-state index in [1.165, 1.54) is 6.20 Å². The Morgan fingerprint density at radius 2 is 2.31 bits per heavy atom. The molecule has 5 heteroatoms. The van der Waals surface area contributed by atoms with Crippen molar-refractivity contribution in [2.75, 3.05) is 25.1 Å². The Bertz CT molecular complexity index is 408. The molecule has 1 aliphatic heterocycles.